The van der Waals surface area contributed by atoms with E-state index in [-0.39, 0.29) is 0 Å². The average molecular weight is 299 g/mol. The van der Waals surface area contributed by atoms with E-state index in [2.05, 4.69) is 4.98 Å². The number of para-hydroxylation sites is 1. The topological polar surface area (TPSA) is 48.1 Å². The van der Waals surface area contributed by atoms with Crippen LogP contribution >= 0.6 is 11.6 Å². The summed E-state index contributed by atoms with van der Waals surface area (Å²) in [5.41, 5.74) is 9.34. The quantitative estimate of drug-likeness (QED) is 0.733. The van der Waals surface area contributed by atoms with Crippen LogP contribution in [0.15, 0.2) is 42.6 Å². The van der Waals surface area contributed by atoms with Gasteiger partial charge in [-0.15, -0.1) is 0 Å². The highest BCUT2D eigenvalue weighted by atomic mass is 35.5. The zero-order valence-corrected chi connectivity index (χ0v) is 12.6. The molecule has 0 unspecified atom stereocenters. The summed E-state index contributed by atoms with van der Waals surface area (Å²) in [6.45, 7) is 3.91. The summed E-state index contributed by atoms with van der Waals surface area (Å²) in [7, 11) is 0. The first-order chi connectivity index (χ1) is 10.1. The van der Waals surface area contributed by atoms with Crippen molar-refractivity contribution in [2.45, 2.75) is 13.8 Å². The molecule has 1 aromatic heterocycles. The van der Waals surface area contributed by atoms with E-state index in [1.54, 1.807) is 6.20 Å². The first-order valence-corrected chi connectivity index (χ1v) is 7.02. The maximum Gasteiger partial charge on any atom is 0.161 e. The Morgan fingerprint density at radius 2 is 1.76 bits per heavy atom. The minimum atomic E-state index is 0.513. The largest absolute Gasteiger partial charge is 0.454 e. The predicted octanol–water partition coefficient (Wildman–Crippen LogP) is 4.88. The maximum absolute atomic E-state index is 6.19. The van der Waals surface area contributed by atoms with Crippen molar-refractivity contribution in [3.63, 3.8) is 0 Å². The van der Waals surface area contributed by atoms with E-state index in [0.717, 1.165) is 32.8 Å². The molecule has 0 spiro atoms. The Bertz CT molecular complexity index is 807. The van der Waals surface area contributed by atoms with Gasteiger partial charge in [0.1, 0.15) is 5.75 Å². The van der Waals surface area contributed by atoms with E-state index in [0.29, 0.717) is 11.4 Å². The third-order valence-corrected chi connectivity index (χ3v) is 3.98. The molecule has 4 heteroatoms. The molecule has 1 heterocycles. The van der Waals surface area contributed by atoms with E-state index in [1.165, 1.54) is 0 Å². The van der Waals surface area contributed by atoms with Crippen LogP contribution in [0.2, 0.25) is 5.02 Å². The van der Waals surface area contributed by atoms with Gasteiger partial charge in [0, 0.05) is 10.4 Å². The van der Waals surface area contributed by atoms with Crippen LogP contribution in [0, 0.1) is 13.8 Å². The van der Waals surface area contributed by atoms with Gasteiger partial charge in [0.05, 0.1) is 17.4 Å². The van der Waals surface area contributed by atoms with Crippen molar-refractivity contribution in [1.82, 2.24) is 4.98 Å². The normalized spacial score (nSPS) is 10.8. The smallest absolute Gasteiger partial charge is 0.161 e. The Morgan fingerprint density at radius 1 is 1.10 bits per heavy atom. The number of ether oxygens (including phenoxy) is 1. The van der Waals surface area contributed by atoms with Crippen LogP contribution in [0.25, 0.3) is 10.9 Å². The highest BCUT2D eigenvalue weighted by molar-refractivity contribution is 6.32. The molecule has 106 valence electrons. The van der Waals surface area contributed by atoms with E-state index in [4.69, 9.17) is 22.1 Å². The molecule has 0 aliphatic heterocycles. The molecule has 21 heavy (non-hydrogen) atoms. The van der Waals surface area contributed by atoms with Gasteiger partial charge in [-0.05, 0) is 49.2 Å². The van der Waals surface area contributed by atoms with Crippen molar-refractivity contribution >= 4 is 28.2 Å². The average Bonchev–Trinajstić information content (AvgIpc) is 2.47. The van der Waals surface area contributed by atoms with Crippen molar-refractivity contribution < 1.29 is 4.74 Å². The van der Waals surface area contributed by atoms with Crippen LogP contribution in [0.5, 0.6) is 11.5 Å². The maximum atomic E-state index is 6.19. The number of rotatable bonds is 2. The fourth-order valence-electron chi connectivity index (χ4n) is 2.33. The van der Waals surface area contributed by atoms with Gasteiger partial charge < -0.3 is 10.5 Å². The van der Waals surface area contributed by atoms with Gasteiger partial charge in [-0.25, -0.2) is 0 Å². The van der Waals surface area contributed by atoms with Crippen molar-refractivity contribution in [3.05, 3.63) is 58.7 Å². The fourth-order valence-corrected chi connectivity index (χ4v) is 2.44. The van der Waals surface area contributed by atoms with Crippen LogP contribution in [0.4, 0.5) is 5.69 Å². The highest BCUT2D eigenvalue weighted by Crippen LogP contribution is 2.36. The van der Waals surface area contributed by atoms with Gasteiger partial charge in [-0.1, -0.05) is 23.7 Å². The Morgan fingerprint density at radius 3 is 2.48 bits per heavy atom. The number of aromatic nitrogens is 1. The number of nitrogen functional groups attached to an aromatic ring is 1. The van der Waals surface area contributed by atoms with Crippen molar-refractivity contribution in [1.29, 1.82) is 0 Å². The molecule has 0 saturated carbocycles. The molecule has 0 radical (unpaired) electrons. The summed E-state index contributed by atoms with van der Waals surface area (Å²) in [5.74, 6) is 1.35. The van der Waals surface area contributed by atoms with Crippen molar-refractivity contribution in [3.8, 4) is 11.5 Å². The van der Waals surface area contributed by atoms with Gasteiger partial charge in [0.2, 0.25) is 0 Å². The summed E-state index contributed by atoms with van der Waals surface area (Å²) in [6, 6.07) is 11.6. The number of anilines is 1. The number of aryl methyl sites for hydroxylation is 2. The molecule has 0 atom stereocenters. The summed E-state index contributed by atoms with van der Waals surface area (Å²) in [6.07, 6.45) is 1.62. The minimum Gasteiger partial charge on any atom is -0.454 e. The van der Waals surface area contributed by atoms with Crippen molar-refractivity contribution in [2.24, 2.45) is 0 Å². The Kier molecular flexibility index (Phi) is 3.43. The number of halogens is 1. The zero-order valence-electron chi connectivity index (χ0n) is 11.9. The lowest BCUT2D eigenvalue weighted by Crippen LogP contribution is -1.96. The summed E-state index contributed by atoms with van der Waals surface area (Å²) >= 11 is 6.19. The lowest BCUT2D eigenvalue weighted by Gasteiger charge is -2.13. The molecule has 0 aliphatic carbocycles. The van der Waals surface area contributed by atoms with E-state index in [9.17, 15) is 0 Å². The van der Waals surface area contributed by atoms with E-state index >= 15 is 0 Å². The number of nitrogens with zero attached hydrogens (tertiary/aromatic N) is 1. The van der Waals surface area contributed by atoms with E-state index in [1.807, 2.05) is 50.2 Å². The van der Waals surface area contributed by atoms with Crippen LogP contribution in [-0.2, 0) is 0 Å². The summed E-state index contributed by atoms with van der Waals surface area (Å²) in [5, 5.41) is 1.65. The zero-order chi connectivity index (χ0) is 15.0. The molecule has 0 bridgehead atoms. The number of hydrogen-bond donors (Lipinski definition) is 1. The second-order valence-corrected chi connectivity index (χ2v) is 5.41. The monoisotopic (exact) mass is 298 g/mol. The van der Waals surface area contributed by atoms with Gasteiger partial charge in [-0.2, -0.15) is 0 Å². The number of pyridine rings is 1. The van der Waals surface area contributed by atoms with Gasteiger partial charge in [-0.3, -0.25) is 4.98 Å². The van der Waals surface area contributed by atoms with Crippen LogP contribution < -0.4 is 10.5 Å². The number of nitrogens with two attached hydrogens (primary N) is 1. The molecular weight excluding hydrogens is 284 g/mol. The standard InChI is InChI=1S/C17H15ClN2O/c1-10-7-12(8-11(2)16(10)18)21-17-13-5-3-4-6-15(13)20-9-14(17)19/h3-9H,19H2,1-2H3. The Hall–Kier alpha value is -2.26. The molecule has 2 N–H and O–H groups in total. The van der Waals surface area contributed by atoms with Gasteiger partial charge >= 0.3 is 0 Å². The molecular formula is C17H15ClN2O. The molecule has 2 aromatic carbocycles. The Balaban J connectivity index is 2.12. The van der Waals surface area contributed by atoms with Crippen LogP contribution in [-0.4, -0.2) is 4.98 Å². The molecule has 0 saturated heterocycles. The second kappa shape index (κ2) is 5.26. The number of benzene rings is 2. The third kappa shape index (κ3) is 2.52. The van der Waals surface area contributed by atoms with Gasteiger partial charge in [0.15, 0.2) is 5.75 Å². The van der Waals surface area contributed by atoms with Crippen molar-refractivity contribution in [2.75, 3.05) is 5.73 Å². The molecule has 3 rings (SSSR count). The lowest BCUT2D eigenvalue weighted by molar-refractivity contribution is 0.489. The van der Waals surface area contributed by atoms with Crippen LogP contribution in [0.3, 0.4) is 0 Å². The Labute approximate surface area is 128 Å². The number of fused-ring (bicyclic) bond motifs is 1. The summed E-state index contributed by atoms with van der Waals surface area (Å²) in [4.78, 5) is 4.31. The molecule has 0 aliphatic rings. The fraction of sp³-hybridized carbons (Fsp3) is 0.118. The molecule has 3 nitrogen and oxygen atoms in total. The van der Waals surface area contributed by atoms with E-state index < -0.39 is 0 Å². The van der Waals surface area contributed by atoms with Gasteiger partial charge in [0.25, 0.3) is 0 Å². The SMILES string of the molecule is Cc1cc(Oc2c(N)cnc3ccccc23)cc(C)c1Cl. The highest BCUT2D eigenvalue weighted by Gasteiger charge is 2.10. The third-order valence-electron chi connectivity index (χ3n) is 3.38. The minimum absolute atomic E-state index is 0.513. The van der Waals surface area contributed by atoms with Crippen LogP contribution in [0.1, 0.15) is 11.1 Å². The predicted molar refractivity (Wildman–Crippen MR) is 87.2 cm³/mol. The molecule has 0 amide bonds. The second-order valence-electron chi connectivity index (χ2n) is 5.03. The molecule has 0 fully saturated rings. The summed E-state index contributed by atoms with van der Waals surface area (Å²) < 4.78 is 6.02. The lowest BCUT2D eigenvalue weighted by atomic mass is 10.1. The first-order valence-electron chi connectivity index (χ1n) is 6.64. The number of hydrogen-bond acceptors (Lipinski definition) is 3. The first kappa shape index (κ1) is 13.7. The molecule has 3 aromatic rings.